The summed E-state index contributed by atoms with van der Waals surface area (Å²) in [6.07, 6.45) is 1.98. The zero-order valence-corrected chi connectivity index (χ0v) is 6.13. The summed E-state index contributed by atoms with van der Waals surface area (Å²) >= 11 is 0. The molecule has 0 atom stereocenters. The first-order valence-corrected chi connectivity index (χ1v) is 3.25. The molecule has 60 valence electrons. The largest absolute Gasteiger partial charge is 0.351 e. The fourth-order valence-electron chi connectivity index (χ4n) is 0.526. The first-order chi connectivity index (χ1) is 4.66. The molecule has 2 amide bonds. The molecule has 0 rings (SSSR count). The van der Waals surface area contributed by atoms with E-state index in [1.54, 1.807) is 0 Å². The summed E-state index contributed by atoms with van der Waals surface area (Å²) in [7, 11) is 0. The van der Waals surface area contributed by atoms with Crippen molar-refractivity contribution in [3.8, 4) is 0 Å². The Morgan fingerprint density at radius 1 is 1.70 bits per heavy atom. The lowest BCUT2D eigenvalue weighted by Gasteiger charge is -2.14. The van der Waals surface area contributed by atoms with Crippen molar-refractivity contribution in [3.05, 3.63) is 0 Å². The van der Waals surface area contributed by atoms with Gasteiger partial charge in [0.15, 0.2) is 0 Å². The molecule has 0 aliphatic heterocycles. The van der Waals surface area contributed by atoms with Gasteiger partial charge in [0.1, 0.15) is 0 Å². The van der Waals surface area contributed by atoms with E-state index in [2.05, 4.69) is 5.43 Å². The van der Waals surface area contributed by atoms with Crippen LogP contribution in [0.2, 0.25) is 0 Å². The topological polar surface area (TPSA) is 84.4 Å². The molecule has 0 bridgehead atoms. The van der Waals surface area contributed by atoms with Crippen LogP contribution in [-0.4, -0.2) is 17.7 Å². The predicted molar refractivity (Wildman–Crippen MR) is 38.5 cm³/mol. The highest BCUT2D eigenvalue weighted by atomic mass is 16.2. The van der Waals surface area contributed by atoms with Crippen molar-refractivity contribution in [1.82, 2.24) is 10.5 Å². The summed E-state index contributed by atoms with van der Waals surface area (Å²) in [4.78, 5) is 10.2. The van der Waals surface area contributed by atoms with Crippen LogP contribution in [0.3, 0.4) is 0 Å². The third-order valence-electron chi connectivity index (χ3n) is 1.01. The van der Waals surface area contributed by atoms with Gasteiger partial charge in [-0.15, -0.1) is 0 Å². The molecule has 0 radical (unpaired) electrons. The number of rotatable bonds is 4. The monoisotopic (exact) mass is 146 g/mol. The second-order valence-corrected chi connectivity index (χ2v) is 2.02. The summed E-state index contributed by atoms with van der Waals surface area (Å²) in [5, 5.41) is 1.19. The summed E-state index contributed by atoms with van der Waals surface area (Å²) in [6.45, 7) is 2.66. The zero-order chi connectivity index (χ0) is 7.98. The minimum absolute atomic E-state index is 0.624. The third kappa shape index (κ3) is 5.33. The highest BCUT2D eigenvalue weighted by Gasteiger charge is 1.97. The molecule has 0 spiro atoms. The molecule has 0 aromatic heterocycles. The van der Waals surface area contributed by atoms with E-state index in [9.17, 15) is 4.79 Å². The number of urea groups is 1. The number of carbonyl (C=O) groups excluding carboxylic acids is 1. The van der Waals surface area contributed by atoms with Crippen LogP contribution in [0.25, 0.3) is 0 Å². The van der Waals surface area contributed by atoms with E-state index < -0.39 is 6.03 Å². The number of primary amides is 1. The van der Waals surface area contributed by atoms with Crippen LogP contribution in [0.15, 0.2) is 0 Å². The number of hydrazine groups is 2. The first-order valence-electron chi connectivity index (χ1n) is 3.25. The standard InChI is InChI=1S/C5H14N4O/c1-2-3-4-9(7)8-5(6)10/h2-4,7H2,1H3,(H3,6,8,10). The average molecular weight is 146 g/mol. The van der Waals surface area contributed by atoms with Gasteiger partial charge in [-0.3, -0.25) is 11.3 Å². The number of amides is 2. The number of nitrogens with one attached hydrogen (secondary N) is 1. The zero-order valence-electron chi connectivity index (χ0n) is 6.13. The van der Waals surface area contributed by atoms with Gasteiger partial charge in [-0.05, 0) is 6.42 Å². The van der Waals surface area contributed by atoms with Gasteiger partial charge in [0.2, 0.25) is 0 Å². The number of carbonyl (C=O) groups is 1. The number of hydrogen-bond donors (Lipinski definition) is 3. The maximum Gasteiger partial charge on any atom is 0.327 e. The molecule has 5 heteroatoms. The highest BCUT2D eigenvalue weighted by Crippen LogP contribution is 1.85. The molecule has 0 unspecified atom stereocenters. The maximum absolute atomic E-state index is 10.2. The van der Waals surface area contributed by atoms with E-state index in [1.165, 1.54) is 5.12 Å². The van der Waals surface area contributed by atoms with E-state index in [0.29, 0.717) is 6.54 Å². The molecule has 0 fully saturated rings. The molecule has 0 heterocycles. The minimum Gasteiger partial charge on any atom is -0.351 e. The van der Waals surface area contributed by atoms with Crippen molar-refractivity contribution in [3.63, 3.8) is 0 Å². The molecule has 0 saturated carbocycles. The molecular weight excluding hydrogens is 132 g/mol. The van der Waals surface area contributed by atoms with Crippen molar-refractivity contribution >= 4 is 6.03 Å². The van der Waals surface area contributed by atoms with Gasteiger partial charge in [0, 0.05) is 6.54 Å². The Bertz CT molecular complexity index is 106. The normalized spacial score (nSPS) is 9.90. The Hall–Kier alpha value is -0.810. The van der Waals surface area contributed by atoms with Gasteiger partial charge in [0.25, 0.3) is 0 Å². The number of hydrogen-bond acceptors (Lipinski definition) is 3. The number of nitrogens with two attached hydrogens (primary N) is 2. The van der Waals surface area contributed by atoms with Crippen molar-refractivity contribution in [2.75, 3.05) is 6.54 Å². The summed E-state index contributed by atoms with van der Waals surface area (Å²) in [6, 6.07) is -0.626. The van der Waals surface area contributed by atoms with E-state index >= 15 is 0 Å². The van der Waals surface area contributed by atoms with E-state index in [1.807, 2.05) is 6.92 Å². The quantitative estimate of drug-likeness (QED) is 0.371. The lowest BCUT2D eigenvalue weighted by atomic mass is 10.3. The maximum atomic E-state index is 10.2. The molecular formula is C5H14N4O. The van der Waals surface area contributed by atoms with Gasteiger partial charge in [-0.2, -0.15) is 5.12 Å². The number of unbranched alkanes of at least 4 members (excludes halogenated alkanes) is 1. The van der Waals surface area contributed by atoms with Gasteiger partial charge >= 0.3 is 6.03 Å². The van der Waals surface area contributed by atoms with E-state index in [-0.39, 0.29) is 0 Å². The molecule has 0 aromatic carbocycles. The second-order valence-electron chi connectivity index (χ2n) is 2.02. The molecule has 0 saturated heterocycles. The van der Waals surface area contributed by atoms with Crippen molar-refractivity contribution in [1.29, 1.82) is 0 Å². The van der Waals surface area contributed by atoms with Crippen LogP contribution >= 0.6 is 0 Å². The molecule has 5 nitrogen and oxygen atoms in total. The first kappa shape index (κ1) is 9.19. The Kier molecular flexibility index (Phi) is 4.61. The van der Waals surface area contributed by atoms with Crippen LogP contribution in [0.5, 0.6) is 0 Å². The molecule has 5 N–H and O–H groups in total. The van der Waals surface area contributed by atoms with Crippen LogP contribution in [0.1, 0.15) is 19.8 Å². The van der Waals surface area contributed by atoms with Crippen LogP contribution < -0.4 is 17.0 Å². The molecule has 0 aliphatic rings. The third-order valence-corrected chi connectivity index (χ3v) is 1.01. The fraction of sp³-hybridized carbons (Fsp3) is 0.800. The fourth-order valence-corrected chi connectivity index (χ4v) is 0.526. The Morgan fingerprint density at radius 3 is 2.70 bits per heavy atom. The van der Waals surface area contributed by atoms with Crippen LogP contribution in [0.4, 0.5) is 4.79 Å². The number of nitrogens with zero attached hydrogens (tertiary/aromatic N) is 1. The minimum atomic E-state index is -0.626. The molecule has 0 aliphatic carbocycles. The lowest BCUT2D eigenvalue weighted by molar-refractivity contribution is 0.183. The van der Waals surface area contributed by atoms with E-state index in [0.717, 1.165) is 12.8 Å². The summed E-state index contributed by atoms with van der Waals surface area (Å²) in [5.41, 5.74) is 7.02. The van der Waals surface area contributed by atoms with Crippen LogP contribution in [0, 0.1) is 0 Å². The smallest absolute Gasteiger partial charge is 0.327 e. The van der Waals surface area contributed by atoms with Gasteiger partial charge < -0.3 is 5.73 Å². The SMILES string of the molecule is CCCCN(N)NC(N)=O. The van der Waals surface area contributed by atoms with Crippen molar-refractivity contribution < 1.29 is 4.79 Å². The van der Waals surface area contributed by atoms with E-state index in [4.69, 9.17) is 11.6 Å². The Morgan fingerprint density at radius 2 is 2.30 bits per heavy atom. The predicted octanol–water partition coefficient (Wildman–Crippen LogP) is -0.454. The Labute approximate surface area is 60.3 Å². The van der Waals surface area contributed by atoms with Gasteiger partial charge in [-0.1, -0.05) is 13.3 Å². The van der Waals surface area contributed by atoms with Gasteiger partial charge in [-0.25, -0.2) is 4.79 Å². The summed E-state index contributed by atoms with van der Waals surface area (Å²) < 4.78 is 0. The summed E-state index contributed by atoms with van der Waals surface area (Å²) in [5.74, 6) is 5.28. The van der Waals surface area contributed by atoms with Crippen molar-refractivity contribution in [2.24, 2.45) is 11.6 Å². The molecule has 0 aromatic rings. The highest BCUT2D eigenvalue weighted by molar-refractivity contribution is 5.70. The lowest BCUT2D eigenvalue weighted by Crippen LogP contribution is -2.49. The molecule has 10 heavy (non-hydrogen) atoms. The Balaban J connectivity index is 3.25. The second kappa shape index (κ2) is 5.01. The average Bonchev–Trinajstić information content (AvgIpc) is 1.82. The van der Waals surface area contributed by atoms with Crippen LogP contribution in [-0.2, 0) is 0 Å². The van der Waals surface area contributed by atoms with Gasteiger partial charge in [0.05, 0.1) is 0 Å². The van der Waals surface area contributed by atoms with Crippen molar-refractivity contribution in [2.45, 2.75) is 19.8 Å².